The van der Waals surface area contributed by atoms with E-state index in [-0.39, 0.29) is 0 Å². The molecule has 130 valence electrons. The molecular formula is C19H31N4Si+. The summed E-state index contributed by atoms with van der Waals surface area (Å²) in [6.45, 7) is 9.47. The first kappa shape index (κ1) is 17.1. The molecule has 5 heteroatoms. The number of rotatable bonds is 5. The van der Waals surface area contributed by atoms with E-state index < -0.39 is 8.07 Å². The number of nitrogen functional groups attached to an aromatic ring is 1. The molecule has 1 aliphatic rings. The lowest BCUT2D eigenvalue weighted by atomic mass is 10.1. The Hall–Kier alpha value is -1.75. The van der Waals surface area contributed by atoms with Crippen LogP contribution in [0.5, 0.6) is 0 Å². The summed E-state index contributed by atoms with van der Waals surface area (Å²) in [5.41, 5.74) is 9.83. The predicted molar refractivity (Wildman–Crippen MR) is 104 cm³/mol. The Morgan fingerprint density at radius 2 is 2.08 bits per heavy atom. The number of aryl methyl sites for hydroxylation is 2. The van der Waals surface area contributed by atoms with Crippen molar-refractivity contribution in [3.8, 4) is 0 Å². The zero-order chi connectivity index (χ0) is 17.3. The molecule has 2 N–H and O–H groups in total. The monoisotopic (exact) mass is 343 g/mol. The fourth-order valence-electron chi connectivity index (χ4n) is 3.42. The van der Waals surface area contributed by atoms with E-state index in [1.807, 2.05) is 0 Å². The highest BCUT2D eigenvalue weighted by molar-refractivity contribution is 6.76. The molecule has 0 aliphatic carbocycles. The van der Waals surface area contributed by atoms with E-state index >= 15 is 0 Å². The average Bonchev–Trinajstić information content (AvgIpc) is 3.14. The summed E-state index contributed by atoms with van der Waals surface area (Å²) >= 11 is 0. The van der Waals surface area contributed by atoms with Gasteiger partial charge in [0, 0.05) is 32.4 Å². The summed E-state index contributed by atoms with van der Waals surface area (Å²) < 4.78 is 4.45. The van der Waals surface area contributed by atoms with Crippen molar-refractivity contribution in [3.05, 3.63) is 42.5 Å². The van der Waals surface area contributed by atoms with Gasteiger partial charge in [-0.3, -0.25) is 0 Å². The van der Waals surface area contributed by atoms with Crippen LogP contribution in [0, 0.1) is 0 Å². The summed E-state index contributed by atoms with van der Waals surface area (Å²) in [7, 11) is 1.04. The Kier molecular flexibility index (Phi) is 4.72. The molecule has 2 aromatic rings. The molecule has 0 spiro atoms. The topological polar surface area (TPSA) is 38.1 Å². The molecule has 1 saturated heterocycles. The Morgan fingerprint density at radius 3 is 2.75 bits per heavy atom. The van der Waals surface area contributed by atoms with Gasteiger partial charge in [0.1, 0.15) is 18.4 Å². The van der Waals surface area contributed by atoms with Crippen LogP contribution in [0.1, 0.15) is 18.0 Å². The molecule has 4 nitrogen and oxygen atoms in total. The van der Waals surface area contributed by atoms with Gasteiger partial charge in [-0.15, -0.1) is 0 Å². The number of aromatic nitrogens is 2. The van der Waals surface area contributed by atoms with Crippen molar-refractivity contribution < 1.29 is 4.57 Å². The second kappa shape index (κ2) is 6.63. The molecule has 1 aromatic carbocycles. The van der Waals surface area contributed by atoms with Crippen LogP contribution in [-0.4, -0.2) is 25.7 Å². The predicted octanol–water partition coefficient (Wildman–Crippen LogP) is 3.23. The Labute approximate surface area is 146 Å². The van der Waals surface area contributed by atoms with Gasteiger partial charge in [-0.2, -0.15) is 0 Å². The molecule has 0 saturated carbocycles. The number of benzene rings is 1. The van der Waals surface area contributed by atoms with Gasteiger partial charge in [0.2, 0.25) is 6.33 Å². The van der Waals surface area contributed by atoms with Crippen LogP contribution in [0.25, 0.3) is 0 Å². The van der Waals surface area contributed by atoms with E-state index in [4.69, 9.17) is 5.73 Å². The molecule has 1 aliphatic heterocycles. The number of nitrogens with zero attached hydrogens (tertiary/aromatic N) is 3. The van der Waals surface area contributed by atoms with Crippen molar-refractivity contribution >= 4 is 19.4 Å². The van der Waals surface area contributed by atoms with E-state index in [1.54, 1.807) is 0 Å². The minimum absolute atomic E-state index is 0.564. The number of nitrogens with two attached hydrogens (primary N) is 1. The Balaban J connectivity index is 1.71. The Morgan fingerprint density at radius 1 is 1.29 bits per heavy atom. The van der Waals surface area contributed by atoms with Gasteiger partial charge in [0.25, 0.3) is 0 Å². The molecule has 24 heavy (non-hydrogen) atoms. The maximum Gasteiger partial charge on any atom is 0.243 e. The van der Waals surface area contributed by atoms with E-state index in [1.165, 1.54) is 23.7 Å². The molecule has 2 heterocycles. The zero-order valence-corrected chi connectivity index (χ0v) is 16.5. The molecule has 3 rings (SSSR count). The van der Waals surface area contributed by atoms with E-state index in [0.717, 1.165) is 25.2 Å². The van der Waals surface area contributed by atoms with Crippen molar-refractivity contribution in [2.24, 2.45) is 7.05 Å². The van der Waals surface area contributed by atoms with Gasteiger partial charge in [-0.25, -0.2) is 9.13 Å². The molecule has 1 atom stereocenters. The number of hydrogen-bond donors (Lipinski definition) is 1. The van der Waals surface area contributed by atoms with E-state index in [2.05, 4.69) is 77.6 Å². The fourth-order valence-corrected chi connectivity index (χ4v) is 4.44. The first-order valence-corrected chi connectivity index (χ1v) is 12.7. The SMILES string of the molecule is C[n+]1ccn([C@@H]2CCN(c3ccc(N)c(CC[Si](C)(C)C)c3)C2)c1. The second-order valence-corrected chi connectivity index (χ2v) is 14.0. The first-order chi connectivity index (χ1) is 11.3. The van der Waals surface area contributed by atoms with Crippen molar-refractivity contribution in [1.82, 2.24) is 4.57 Å². The van der Waals surface area contributed by atoms with Crippen LogP contribution in [0.4, 0.5) is 11.4 Å². The number of hydrogen-bond acceptors (Lipinski definition) is 2. The summed E-state index contributed by atoms with van der Waals surface area (Å²) in [5.74, 6) is 0. The lowest BCUT2D eigenvalue weighted by Crippen LogP contribution is -2.25. The van der Waals surface area contributed by atoms with Crippen LogP contribution in [-0.2, 0) is 13.5 Å². The third-order valence-corrected chi connectivity index (χ3v) is 6.76. The molecule has 1 aromatic heterocycles. The highest BCUT2D eigenvalue weighted by Gasteiger charge is 2.27. The van der Waals surface area contributed by atoms with Gasteiger partial charge in [-0.05, 0) is 30.2 Å². The maximum absolute atomic E-state index is 6.23. The van der Waals surface area contributed by atoms with Crippen LogP contribution >= 0.6 is 0 Å². The molecule has 0 bridgehead atoms. The van der Waals surface area contributed by atoms with Crippen molar-refractivity contribution in [3.63, 3.8) is 0 Å². The molecule has 0 radical (unpaired) electrons. The van der Waals surface area contributed by atoms with Crippen molar-refractivity contribution in [2.45, 2.75) is 44.6 Å². The quantitative estimate of drug-likeness (QED) is 0.514. The highest BCUT2D eigenvalue weighted by atomic mass is 28.3. The van der Waals surface area contributed by atoms with Crippen LogP contribution < -0.4 is 15.2 Å². The lowest BCUT2D eigenvalue weighted by molar-refractivity contribution is -0.671. The zero-order valence-electron chi connectivity index (χ0n) is 15.5. The molecule has 0 unspecified atom stereocenters. The van der Waals surface area contributed by atoms with Crippen LogP contribution in [0.15, 0.2) is 36.9 Å². The van der Waals surface area contributed by atoms with Gasteiger partial charge < -0.3 is 10.6 Å². The van der Waals surface area contributed by atoms with Crippen LogP contribution in [0.2, 0.25) is 25.7 Å². The minimum atomic E-state index is -1.04. The maximum atomic E-state index is 6.23. The smallest absolute Gasteiger partial charge is 0.243 e. The Bertz CT molecular complexity index is 702. The van der Waals surface area contributed by atoms with E-state index in [0.29, 0.717) is 6.04 Å². The highest BCUT2D eigenvalue weighted by Crippen LogP contribution is 2.30. The first-order valence-electron chi connectivity index (χ1n) is 8.98. The van der Waals surface area contributed by atoms with Gasteiger partial charge >= 0.3 is 0 Å². The van der Waals surface area contributed by atoms with Gasteiger partial charge in [0.05, 0.1) is 13.6 Å². The molecular weight excluding hydrogens is 312 g/mol. The van der Waals surface area contributed by atoms with Crippen LogP contribution in [0.3, 0.4) is 0 Å². The van der Waals surface area contributed by atoms with E-state index in [9.17, 15) is 0 Å². The molecule has 1 fully saturated rings. The molecule has 0 amide bonds. The normalized spacial score (nSPS) is 18.3. The lowest BCUT2D eigenvalue weighted by Gasteiger charge is -2.21. The summed E-state index contributed by atoms with van der Waals surface area (Å²) in [4.78, 5) is 2.50. The third kappa shape index (κ3) is 4.01. The summed E-state index contributed by atoms with van der Waals surface area (Å²) in [5, 5.41) is 0. The third-order valence-electron chi connectivity index (χ3n) is 5.01. The number of imidazole rings is 1. The standard InChI is InChI=1S/C19H31N4Si/c1-21-10-11-23(15-21)18-7-9-22(14-18)17-5-6-19(20)16(13-17)8-12-24(2,3)4/h5-6,10-11,13,15,18H,7-9,12,14,20H2,1-4H3/q+1/t18-/m1/s1. The van der Waals surface area contributed by atoms with Crippen molar-refractivity contribution in [2.75, 3.05) is 23.7 Å². The number of anilines is 2. The largest absolute Gasteiger partial charge is 0.399 e. The van der Waals surface area contributed by atoms with Gasteiger partial charge in [-0.1, -0.05) is 25.7 Å². The summed E-state index contributed by atoms with van der Waals surface area (Å²) in [6, 6.07) is 8.47. The minimum Gasteiger partial charge on any atom is -0.399 e. The fraction of sp³-hybridized carbons (Fsp3) is 0.526. The van der Waals surface area contributed by atoms with Gasteiger partial charge in [0.15, 0.2) is 0 Å². The average molecular weight is 344 g/mol. The second-order valence-electron chi connectivity index (χ2n) is 8.36. The van der Waals surface area contributed by atoms with Crippen molar-refractivity contribution in [1.29, 1.82) is 0 Å². The summed E-state index contributed by atoms with van der Waals surface area (Å²) in [6.07, 6.45) is 8.77.